The van der Waals surface area contributed by atoms with Crippen molar-refractivity contribution in [1.29, 1.82) is 0 Å². The molecule has 0 N–H and O–H groups in total. The number of hydrogen-bond acceptors (Lipinski definition) is 4. The van der Waals surface area contributed by atoms with E-state index in [1.807, 2.05) is 13.8 Å². The molecule has 1 aromatic rings. The van der Waals surface area contributed by atoms with E-state index in [1.165, 1.54) is 12.1 Å². The van der Waals surface area contributed by atoms with Crippen LogP contribution >= 0.6 is 0 Å². The number of non-ortho nitro benzene ring substituents is 1. The van der Waals surface area contributed by atoms with Gasteiger partial charge in [-0.05, 0) is 26.0 Å². The van der Waals surface area contributed by atoms with Crippen LogP contribution < -0.4 is 0 Å². The summed E-state index contributed by atoms with van der Waals surface area (Å²) in [6, 6.07) is 6.20. The van der Waals surface area contributed by atoms with Gasteiger partial charge >= 0.3 is 0 Å². The van der Waals surface area contributed by atoms with E-state index in [0.717, 1.165) is 5.56 Å². The van der Waals surface area contributed by atoms with E-state index in [1.54, 1.807) is 12.1 Å². The highest BCUT2D eigenvalue weighted by atomic mass is 16.6. The molecule has 0 fully saturated rings. The van der Waals surface area contributed by atoms with Gasteiger partial charge in [0, 0.05) is 17.7 Å². The first kappa shape index (κ1) is 10.6. The molecule has 84 valence electrons. The zero-order valence-corrected chi connectivity index (χ0v) is 9.14. The number of ether oxygens (including phenoxy) is 1. The molecule has 1 aliphatic rings. The Balaban J connectivity index is 2.27. The van der Waals surface area contributed by atoms with Crippen LogP contribution in [0.3, 0.4) is 0 Å². The van der Waals surface area contributed by atoms with Crippen molar-refractivity contribution in [2.24, 2.45) is 4.99 Å². The highest BCUT2D eigenvalue weighted by Crippen LogP contribution is 2.21. The largest absolute Gasteiger partial charge is 0.475 e. The molecule has 16 heavy (non-hydrogen) atoms. The summed E-state index contributed by atoms with van der Waals surface area (Å²) < 4.78 is 5.43. The van der Waals surface area contributed by atoms with Crippen LogP contribution in [0, 0.1) is 10.1 Å². The maximum absolute atomic E-state index is 10.5. The summed E-state index contributed by atoms with van der Waals surface area (Å²) in [6.45, 7) is 4.50. The van der Waals surface area contributed by atoms with E-state index < -0.39 is 4.92 Å². The molecule has 0 aliphatic carbocycles. The number of nitrogens with zero attached hydrogens (tertiary/aromatic N) is 2. The minimum absolute atomic E-state index is 0.0709. The SMILES string of the molecule is CC1(C)COC(c2ccc([N+](=O)[O-])cc2)=N1. The van der Waals surface area contributed by atoms with Crippen LogP contribution in [-0.4, -0.2) is 23.0 Å². The average Bonchev–Trinajstić information content (AvgIpc) is 2.59. The monoisotopic (exact) mass is 220 g/mol. The van der Waals surface area contributed by atoms with E-state index in [2.05, 4.69) is 4.99 Å². The maximum Gasteiger partial charge on any atom is 0.269 e. The lowest BCUT2D eigenvalue weighted by atomic mass is 10.1. The summed E-state index contributed by atoms with van der Waals surface area (Å²) in [5.74, 6) is 0.555. The summed E-state index contributed by atoms with van der Waals surface area (Å²) in [4.78, 5) is 14.4. The molecule has 2 rings (SSSR count). The number of aliphatic imine (C=N–C) groups is 1. The van der Waals surface area contributed by atoms with Crippen molar-refractivity contribution >= 4 is 11.6 Å². The van der Waals surface area contributed by atoms with Crippen molar-refractivity contribution in [2.75, 3.05) is 6.61 Å². The Labute approximate surface area is 92.9 Å². The Hall–Kier alpha value is -1.91. The molecular weight excluding hydrogens is 208 g/mol. The molecule has 0 amide bonds. The van der Waals surface area contributed by atoms with Crippen molar-refractivity contribution in [3.63, 3.8) is 0 Å². The van der Waals surface area contributed by atoms with Crippen LogP contribution in [-0.2, 0) is 4.74 Å². The van der Waals surface area contributed by atoms with E-state index in [-0.39, 0.29) is 11.2 Å². The molecule has 0 saturated carbocycles. The van der Waals surface area contributed by atoms with E-state index in [9.17, 15) is 10.1 Å². The Kier molecular flexibility index (Phi) is 2.38. The number of hydrogen-bond donors (Lipinski definition) is 0. The number of rotatable bonds is 2. The first-order valence-electron chi connectivity index (χ1n) is 4.95. The molecular formula is C11H12N2O3. The molecule has 1 heterocycles. The third-order valence-corrected chi connectivity index (χ3v) is 2.29. The second-order valence-corrected chi connectivity index (χ2v) is 4.32. The van der Waals surface area contributed by atoms with Gasteiger partial charge in [0.15, 0.2) is 0 Å². The van der Waals surface area contributed by atoms with Crippen LogP contribution in [0.15, 0.2) is 29.3 Å². The van der Waals surface area contributed by atoms with Crippen molar-refractivity contribution in [3.8, 4) is 0 Å². The molecule has 0 spiro atoms. The molecule has 0 radical (unpaired) electrons. The van der Waals surface area contributed by atoms with Crippen LogP contribution in [0.4, 0.5) is 5.69 Å². The Morgan fingerprint density at radius 2 is 2.00 bits per heavy atom. The molecule has 5 nitrogen and oxygen atoms in total. The third-order valence-electron chi connectivity index (χ3n) is 2.29. The first-order chi connectivity index (χ1) is 7.48. The average molecular weight is 220 g/mol. The fraction of sp³-hybridized carbons (Fsp3) is 0.364. The van der Waals surface area contributed by atoms with Crippen LogP contribution in [0.1, 0.15) is 19.4 Å². The smallest absolute Gasteiger partial charge is 0.269 e. The summed E-state index contributed by atoms with van der Waals surface area (Å²) in [7, 11) is 0. The molecule has 0 bridgehead atoms. The molecule has 1 aliphatic heterocycles. The minimum atomic E-state index is -0.426. The van der Waals surface area contributed by atoms with Gasteiger partial charge in [-0.25, -0.2) is 4.99 Å². The lowest BCUT2D eigenvalue weighted by molar-refractivity contribution is -0.384. The van der Waals surface area contributed by atoms with E-state index in [0.29, 0.717) is 12.5 Å². The van der Waals surface area contributed by atoms with E-state index in [4.69, 9.17) is 4.74 Å². The van der Waals surface area contributed by atoms with Gasteiger partial charge in [0.1, 0.15) is 6.61 Å². The predicted molar refractivity (Wildman–Crippen MR) is 59.7 cm³/mol. The Morgan fingerprint density at radius 1 is 1.38 bits per heavy atom. The van der Waals surface area contributed by atoms with Gasteiger partial charge < -0.3 is 4.74 Å². The summed E-state index contributed by atoms with van der Waals surface area (Å²) in [5, 5.41) is 10.5. The van der Waals surface area contributed by atoms with Crippen molar-refractivity contribution in [3.05, 3.63) is 39.9 Å². The molecule has 0 unspecified atom stereocenters. The predicted octanol–water partition coefficient (Wildman–Crippen LogP) is 2.15. The van der Waals surface area contributed by atoms with Crippen LogP contribution in [0.5, 0.6) is 0 Å². The summed E-state index contributed by atoms with van der Waals surface area (Å²) in [5.41, 5.74) is 0.634. The van der Waals surface area contributed by atoms with Gasteiger partial charge in [-0.3, -0.25) is 10.1 Å². The first-order valence-corrected chi connectivity index (χ1v) is 4.95. The quantitative estimate of drug-likeness (QED) is 0.566. The molecule has 0 saturated heterocycles. The lowest BCUT2D eigenvalue weighted by Gasteiger charge is -2.07. The number of nitro benzene ring substituents is 1. The highest BCUT2D eigenvalue weighted by molar-refractivity contribution is 5.95. The normalized spacial score (nSPS) is 17.8. The Morgan fingerprint density at radius 3 is 2.44 bits per heavy atom. The van der Waals surface area contributed by atoms with Gasteiger partial charge in [0.25, 0.3) is 5.69 Å². The van der Waals surface area contributed by atoms with Crippen LogP contribution in [0.2, 0.25) is 0 Å². The second-order valence-electron chi connectivity index (χ2n) is 4.32. The molecule has 1 aromatic carbocycles. The highest BCUT2D eigenvalue weighted by Gasteiger charge is 2.27. The number of benzene rings is 1. The second kappa shape index (κ2) is 3.59. The fourth-order valence-corrected chi connectivity index (χ4v) is 1.46. The molecule has 0 aromatic heterocycles. The lowest BCUT2D eigenvalue weighted by Crippen LogP contribution is -2.17. The fourth-order valence-electron chi connectivity index (χ4n) is 1.46. The zero-order valence-electron chi connectivity index (χ0n) is 9.14. The van der Waals surface area contributed by atoms with Gasteiger partial charge in [-0.2, -0.15) is 0 Å². The van der Waals surface area contributed by atoms with Gasteiger partial charge in [-0.15, -0.1) is 0 Å². The van der Waals surface area contributed by atoms with Crippen molar-refractivity contribution in [1.82, 2.24) is 0 Å². The Bertz CT molecular complexity index is 449. The summed E-state index contributed by atoms with van der Waals surface area (Å²) >= 11 is 0. The number of nitro groups is 1. The van der Waals surface area contributed by atoms with Gasteiger partial charge in [-0.1, -0.05) is 0 Å². The van der Waals surface area contributed by atoms with Crippen molar-refractivity contribution < 1.29 is 9.66 Å². The standard InChI is InChI=1S/C11H12N2O3/c1-11(2)7-16-10(12-11)8-3-5-9(6-4-8)13(14)15/h3-6H,7H2,1-2H3. The minimum Gasteiger partial charge on any atom is -0.475 e. The maximum atomic E-state index is 10.5. The van der Waals surface area contributed by atoms with E-state index >= 15 is 0 Å². The van der Waals surface area contributed by atoms with Gasteiger partial charge in [0.05, 0.1) is 10.5 Å². The topological polar surface area (TPSA) is 64.7 Å². The summed E-state index contributed by atoms with van der Waals surface area (Å²) in [6.07, 6.45) is 0. The molecule has 0 atom stereocenters. The zero-order chi connectivity index (χ0) is 11.8. The molecule has 5 heteroatoms. The van der Waals surface area contributed by atoms with Crippen molar-refractivity contribution in [2.45, 2.75) is 19.4 Å². The van der Waals surface area contributed by atoms with Crippen LogP contribution in [0.25, 0.3) is 0 Å². The third kappa shape index (κ3) is 2.03. The van der Waals surface area contributed by atoms with Gasteiger partial charge in [0.2, 0.25) is 5.90 Å².